The van der Waals surface area contributed by atoms with Gasteiger partial charge in [-0.1, -0.05) is 43.7 Å². The Morgan fingerprint density at radius 3 is 2.55 bits per heavy atom. The number of fused-ring (bicyclic) bond motifs is 1. The molecule has 1 fully saturated rings. The quantitative estimate of drug-likeness (QED) is 0.696. The number of aromatic nitrogens is 2. The number of pyridine rings is 1. The van der Waals surface area contributed by atoms with Crippen LogP contribution in [0.2, 0.25) is 0 Å². The largest absolute Gasteiger partial charge is 0.352 e. The first-order valence-corrected chi connectivity index (χ1v) is 10.9. The fourth-order valence-electron chi connectivity index (χ4n) is 4.17. The number of benzene rings is 1. The number of hydrogen-bond acceptors (Lipinski definition) is 3. The molecule has 0 unspecified atom stereocenters. The molecule has 1 aliphatic rings. The third kappa shape index (κ3) is 3.82. The molecule has 0 aliphatic carbocycles. The Morgan fingerprint density at radius 2 is 1.87 bits per heavy atom. The average molecular weight is 419 g/mol. The molecule has 3 aromatic rings. The van der Waals surface area contributed by atoms with Gasteiger partial charge in [0.1, 0.15) is 16.9 Å². The van der Waals surface area contributed by atoms with Gasteiger partial charge in [0.15, 0.2) is 0 Å². The predicted molar refractivity (Wildman–Crippen MR) is 123 cm³/mol. The number of piperazine rings is 1. The van der Waals surface area contributed by atoms with Gasteiger partial charge in [0.25, 0.3) is 5.91 Å². The van der Waals surface area contributed by atoms with Crippen molar-refractivity contribution >= 4 is 22.8 Å². The number of hydrogen-bond donors (Lipinski definition) is 1. The van der Waals surface area contributed by atoms with Crippen molar-refractivity contribution in [3.8, 4) is 11.1 Å². The molecule has 0 radical (unpaired) electrons. The van der Waals surface area contributed by atoms with E-state index in [4.69, 9.17) is 4.98 Å². The maximum Gasteiger partial charge on any atom is 0.273 e. The van der Waals surface area contributed by atoms with Crippen LogP contribution >= 0.6 is 0 Å². The number of aryl methyl sites for hydroxylation is 1. The maximum atomic E-state index is 13.3. The predicted octanol–water partition coefficient (Wildman–Crippen LogP) is 4.02. The first kappa shape index (κ1) is 21.1. The smallest absolute Gasteiger partial charge is 0.273 e. The van der Waals surface area contributed by atoms with Crippen LogP contribution in [0.4, 0.5) is 0 Å². The number of rotatable bonds is 4. The molecule has 0 spiro atoms. The van der Waals surface area contributed by atoms with E-state index in [1.807, 2.05) is 6.07 Å². The molecular formula is C25H30N4O2. The topological polar surface area (TPSA) is 67.2 Å². The zero-order valence-electron chi connectivity index (χ0n) is 18.9. The van der Waals surface area contributed by atoms with Crippen molar-refractivity contribution in [3.63, 3.8) is 0 Å². The summed E-state index contributed by atoms with van der Waals surface area (Å²) in [6, 6.07) is 12.2. The summed E-state index contributed by atoms with van der Waals surface area (Å²) in [5, 5.41) is 3.86. The van der Waals surface area contributed by atoms with Crippen molar-refractivity contribution in [2.75, 3.05) is 13.1 Å². The summed E-state index contributed by atoms with van der Waals surface area (Å²) in [5.41, 5.74) is 3.73. The fraction of sp³-hybridized carbons (Fsp3) is 0.400. The molecular weight excluding hydrogens is 388 g/mol. The van der Waals surface area contributed by atoms with Crippen molar-refractivity contribution in [3.05, 3.63) is 53.9 Å². The minimum Gasteiger partial charge on any atom is -0.352 e. The van der Waals surface area contributed by atoms with Gasteiger partial charge in [0.2, 0.25) is 5.91 Å². The van der Waals surface area contributed by atoms with Gasteiger partial charge in [-0.3, -0.25) is 9.59 Å². The highest BCUT2D eigenvalue weighted by Crippen LogP contribution is 2.31. The van der Waals surface area contributed by atoms with Gasteiger partial charge >= 0.3 is 0 Å². The Balaban J connectivity index is 1.80. The number of carbonyl (C=O) groups excluding carboxylic acids is 2. The lowest BCUT2D eigenvalue weighted by Crippen LogP contribution is -2.63. The molecule has 0 atom stereocenters. The lowest BCUT2D eigenvalue weighted by Gasteiger charge is -2.40. The van der Waals surface area contributed by atoms with E-state index in [-0.39, 0.29) is 11.8 Å². The molecule has 1 saturated heterocycles. The Morgan fingerprint density at radius 1 is 1.16 bits per heavy atom. The SMILES string of the molecule is Cc1ccc(-c2cn(CC(C)C)c3nc(C(=O)N4CCNC(=O)C4(C)C)ccc23)cc1. The molecule has 6 heteroatoms. The number of carbonyl (C=O) groups is 2. The summed E-state index contributed by atoms with van der Waals surface area (Å²) in [6.45, 7) is 11.7. The fourth-order valence-corrected chi connectivity index (χ4v) is 4.17. The standard InChI is InChI=1S/C25H30N4O2/c1-16(2)14-28-15-20(18-8-6-17(3)7-9-18)19-10-11-21(27-22(19)28)23(30)29-13-12-26-24(31)25(29,4)5/h6-11,15-16H,12-14H2,1-5H3,(H,26,31). The van der Waals surface area contributed by atoms with Crippen molar-refractivity contribution in [2.45, 2.75) is 46.7 Å². The van der Waals surface area contributed by atoms with Crippen LogP contribution in [0, 0.1) is 12.8 Å². The minimum atomic E-state index is -0.904. The van der Waals surface area contributed by atoms with Gasteiger partial charge in [-0.15, -0.1) is 0 Å². The van der Waals surface area contributed by atoms with Crippen LogP contribution in [0.15, 0.2) is 42.6 Å². The second-order valence-corrected chi connectivity index (χ2v) is 9.29. The Bertz CT molecular complexity index is 1140. The molecule has 2 amide bonds. The molecule has 1 aromatic carbocycles. The van der Waals surface area contributed by atoms with Gasteiger partial charge in [0.05, 0.1) is 0 Å². The normalized spacial score (nSPS) is 16.1. The Labute approximate surface area is 183 Å². The van der Waals surface area contributed by atoms with E-state index in [0.29, 0.717) is 24.7 Å². The van der Waals surface area contributed by atoms with Crippen molar-refractivity contribution in [1.82, 2.24) is 19.8 Å². The number of nitrogens with zero attached hydrogens (tertiary/aromatic N) is 3. The van der Waals surface area contributed by atoms with Crippen molar-refractivity contribution in [1.29, 1.82) is 0 Å². The molecule has 0 bridgehead atoms. The van der Waals surface area contributed by atoms with E-state index in [9.17, 15) is 9.59 Å². The molecule has 31 heavy (non-hydrogen) atoms. The highest BCUT2D eigenvalue weighted by atomic mass is 16.2. The van der Waals surface area contributed by atoms with Gasteiger partial charge in [-0.05, 0) is 44.4 Å². The molecule has 162 valence electrons. The van der Waals surface area contributed by atoms with Crippen molar-refractivity contribution in [2.24, 2.45) is 5.92 Å². The average Bonchev–Trinajstić information content (AvgIpc) is 3.07. The summed E-state index contributed by atoms with van der Waals surface area (Å²) in [5.74, 6) is 0.0845. The summed E-state index contributed by atoms with van der Waals surface area (Å²) >= 11 is 0. The maximum absolute atomic E-state index is 13.3. The molecule has 3 heterocycles. The zero-order chi connectivity index (χ0) is 22.3. The lowest BCUT2D eigenvalue weighted by atomic mass is 9.98. The van der Waals surface area contributed by atoms with Crippen molar-refractivity contribution < 1.29 is 9.59 Å². The van der Waals surface area contributed by atoms with E-state index < -0.39 is 5.54 Å². The summed E-state index contributed by atoms with van der Waals surface area (Å²) in [6.07, 6.45) is 2.13. The van der Waals surface area contributed by atoms with Gasteiger partial charge < -0.3 is 14.8 Å². The summed E-state index contributed by atoms with van der Waals surface area (Å²) in [7, 11) is 0. The Hall–Kier alpha value is -3.15. The van der Waals surface area contributed by atoms with Crippen LogP contribution in [0.25, 0.3) is 22.2 Å². The second kappa shape index (κ2) is 7.84. The van der Waals surface area contributed by atoms with E-state index in [0.717, 1.165) is 28.7 Å². The minimum absolute atomic E-state index is 0.141. The molecule has 6 nitrogen and oxygen atoms in total. The summed E-state index contributed by atoms with van der Waals surface area (Å²) < 4.78 is 2.14. The Kier molecular flexibility index (Phi) is 5.33. The van der Waals surface area contributed by atoms with E-state index >= 15 is 0 Å². The van der Waals surface area contributed by atoms with Crippen LogP contribution < -0.4 is 5.32 Å². The third-order valence-electron chi connectivity index (χ3n) is 5.96. The van der Waals surface area contributed by atoms with Crippen LogP contribution in [-0.4, -0.2) is 44.9 Å². The second-order valence-electron chi connectivity index (χ2n) is 9.29. The highest BCUT2D eigenvalue weighted by molar-refractivity contribution is 6.01. The summed E-state index contributed by atoms with van der Waals surface area (Å²) in [4.78, 5) is 32.1. The number of amides is 2. The molecule has 4 rings (SSSR count). The van der Waals surface area contributed by atoms with Crippen LogP contribution in [0.5, 0.6) is 0 Å². The van der Waals surface area contributed by atoms with E-state index in [1.165, 1.54) is 5.56 Å². The van der Waals surface area contributed by atoms with E-state index in [2.05, 4.69) is 61.1 Å². The third-order valence-corrected chi connectivity index (χ3v) is 5.96. The first-order valence-electron chi connectivity index (χ1n) is 10.9. The van der Waals surface area contributed by atoms with Gasteiger partial charge in [-0.2, -0.15) is 0 Å². The van der Waals surface area contributed by atoms with Crippen LogP contribution in [0.1, 0.15) is 43.7 Å². The van der Waals surface area contributed by atoms with Gasteiger partial charge in [-0.25, -0.2) is 4.98 Å². The zero-order valence-corrected chi connectivity index (χ0v) is 18.9. The monoisotopic (exact) mass is 418 g/mol. The molecule has 1 aliphatic heterocycles. The molecule has 0 saturated carbocycles. The molecule has 2 aromatic heterocycles. The highest BCUT2D eigenvalue weighted by Gasteiger charge is 2.41. The van der Waals surface area contributed by atoms with E-state index in [1.54, 1.807) is 24.8 Å². The molecule has 1 N–H and O–H groups in total. The first-order chi connectivity index (χ1) is 14.7. The number of nitrogens with one attached hydrogen (secondary N) is 1. The van der Waals surface area contributed by atoms with Crippen LogP contribution in [-0.2, 0) is 11.3 Å². The lowest BCUT2D eigenvalue weighted by molar-refractivity contribution is -0.133. The van der Waals surface area contributed by atoms with Crippen LogP contribution in [0.3, 0.4) is 0 Å². The van der Waals surface area contributed by atoms with Gasteiger partial charge in [0, 0.05) is 36.8 Å².